The third-order valence-corrected chi connectivity index (χ3v) is 6.15. The summed E-state index contributed by atoms with van der Waals surface area (Å²) in [6.07, 6.45) is 3.86. The van der Waals surface area contributed by atoms with Crippen molar-refractivity contribution in [3.8, 4) is 0 Å². The van der Waals surface area contributed by atoms with Crippen molar-refractivity contribution in [2.75, 3.05) is 13.2 Å². The molecular weight excluding hydrogens is 366 g/mol. The number of aryl methyl sites for hydroxylation is 1. The minimum Gasteiger partial charge on any atom is -0.378 e. The molecule has 1 amide bonds. The molecule has 1 fully saturated rings. The van der Waals surface area contributed by atoms with E-state index in [1.54, 1.807) is 4.68 Å². The fraction of sp³-hybridized carbons (Fsp3) is 0.500. The number of carbonyl (C=O) groups is 1. The monoisotopic (exact) mass is 395 g/mol. The van der Waals surface area contributed by atoms with Crippen LogP contribution in [0.15, 0.2) is 35.6 Å². The Kier molecular flexibility index (Phi) is 5.27. The first kappa shape index (κ1) is 19.8. The normalized spacial score (nSPS) is 27.4. The van der Waals surface area contributed by atoms with Crippen LogP contribution in [-0.2, 0) is 23.1 Å². The second-order valence-corrected chi connectivity index (χ2v) is 8.38. The van der Waals surface area contributed by atoms with Crippen molar-refractivity contribution in [2.24, 2.45) is 23.7 Å². The van der Waals surface area contributed by atoms with E-state index < -0.39 is 5.91 Å². The number of hydrogen-bond acceptors (Lipinski definition) is 5. The second kappa shape index (κ2) is 7.72. The topological polar surface area (TPSA) is 85.7 Å². The maximum Gasteiger partial charge on any atom is 0.263 e. The Balaban J connectivity index is 1.72. The molecule has 2 aromatic rings. The molecule has 1 aromatic heterocycles. The molecule has 0 radical (unpaired) electrons. The molecule has 0 aliphatic carbocycles. The summed E-state index contributed by atoms with van der Waals surface area (Å²) in [5.74, 6) is -0.554. The Hall–Kier alpha value is -2.51. The predicted molar refractivity (Wildman–Crippen MR) is 112 cm³/mol. The van der Waals surface area contributed by atoms with Crippen LogP contribution < -0.4 is 5.73 Å². The molecule has 7 nitrogen and oxygen atoms in total. The van der Waals surface area contributed by atoms with E-state index in [1.165, 1.54) is 5.56 Å². The zero-order valence-electron chi connectivity index (χ0n) is 17.5. The standard InChI is InChI=1S/C22H29N5O2/c1-13-11-29-12-14(2)27(13)9-16-5-6-18-19(7-16)25-21(22(23)28)15(3)20(18)17-8-24-26(4)10-17/h5-8,10,13-15,20H,9,11-12H2,1-4H3,(H2,23,28)/t13-,14-,15?,20?/m1/s1. The van der Waals surface area contributed by atoms with E-state index in [9.17, 15) is 4.79 Å². The predicted octanol–water partition coefficient (Wildman–Crippen LogP) is 2.37. The molecule has 4 atom stereocenters. The molecule has 0 saturated carbocycles. The highest BCUT2D eigenvalue weighted by atomic mass is 16.5. The van der Waals surface area contributed by atoms with Gasteiger partial charge in [-0.3, -0.25) is 14.4 Å². The Morgan fingerprint density at radius 1 is 1.24 bits per heavy atom. The molecule has 0 bridgehead atoms. The number of carbonyl (C=O) groups excluding carboxylic acids is 1. The first-order valence-corrected chi connectivity index (χ1v) is 10.2. The van der Waals surface area contributed by atoms with Gasteiger partial charge in [-0.2, -0.15) is 5.10 Å². The lowest BCUT2D eigenvalue weighted by atomic mass is 9.77. The molecule has 1 aromatic carbocycles. The van der Waals surface area contributed by atoms with Gasteiger partial charge in [0.25, 0.3) is 5.91 Å². The number of ether oxygens (including phenoxy) is 1. The van der Waals surface area contributed by atoms with Crippen LogP contribution in [0.1, 0.15) is 43.4 Å². The van der Waals surface area contributed by atoms with E-state index in [-0.39, 0.29) is 11.8 Å². The van der Waals surface area contributed by atoms with Crippen LogP contribution >= 0.6 is 0 Å². The molecule has 2 N–H and O–H groups in total. The molecule has 3 heterocycles. The van der Waals surface area contributed by atoms with Gasteiger partial charge in [0.1, 0.15) is 5.71 Å². The van der Waals surface area contributed by atoms with E-state index in [0.717, 1.165) is 36.6 Å². The molecule has 0 spiro atoms. The lowest BCUT2D eigenvalue weighted by Gasteiger charge is -2.39. The van der Waals surface area contributed by atoms with Gasteiger partial charge >= 0.3 is 0 Å². The summed E-state index contributed by atoms with van der Waals surface area (Å²) in [6, 6.07) is 7.15. The molecule has 1 saturated heterocycles. The van der Waals surface area contributed by atoms with E-state index in [4.69, 9.17) is 10.5 Å². The summed E-state index contributed by atoms with van der Waals surface area (Å²) in [4.78, 5) is 19.2. The van der Waals surface area contributed by atoms with Crippen LogP contribution in [0.2, 0.25) is 0 Å². The van der Waals surface area contributed by atoms with Gasteiger partial charge in [-0.1, -0.05) is 19.1 Å². The third-order valence-electron chi connectivity index (χ3n) is 6.15. The third kappa shape index (κ3) is 3.72. The van der Waals surface area contributed by atoms with E-state index in [1.807, 2.05) is 26.4 Å². The van der Waals surface area contributed by atoms with Crippen LogP contribution in [0.5, 0.6) is 0 Å². The summed E-state index contributed by atoms with van der Waals surface area (Å²) in [7, 11) is 1.90. The number of primary amides is 1. The van der Waals surface area contributed by atoms with Crippen molar-refractivity contribution in [3.05, 3.63) is 47.3 Å². The van der Waals surface area contributed by atoms with E-state index in [0.29, 0.717) is 17.8 Å². The first-order chi connectivity index (χ1) is 13.8. The van der Waals surface area contributed by atoms with Crippen LogP contribution in [0.4, 0.5) is 5.69 Å². The molecular formula is C22H29N5O2. The number of rotatable bonds is 4. The molecule has 29 heavy (non-hydrogen) atoms. The zero-order valence-corrected chi connectivity index (χ0v) is 17.5. The van der Waals surface area contributed by atoms with Gasteiger partial charge in [-0.05, 0) is 36.6 Å². The number of fused-ring (bicyclic) bond motifs is 1. The van der Waals surface area contributed by atoms with Crippen molar-refractivity contribution in [1.29, 1.82) is 0 Å². The highest BCUT2D eigenvalue weighted by molar-refractivity contribution is 6.40. The minimum atomic E-state index is -0.460. The summed E-state index contributed by atoms with van der Waals surface area (Å²) in [5, 5.41) is 4.32. The smallest absolute Gasteiger partial charge is 0.263 e. The highest BCUT2D eigenvalue weighted by Crippen LogP contribution is 2.42. The Labute approximate surface area is 171 Å². The zero-order chi connectivity index (χ0) is 20.7. The number of morpholine rings is 1. The van der Waals surface area contributed by atoms with Crippen molar-refractivity contribution < 1.29 is 9.53 Å². The van der Waals surface area contributed by atoms with Gasteiger partial charge in [0.2, 0.25) is 0 Å². The fourth-order valence-electron chi connectivity index (χ4n) is 4.61. The molecule has 2 unspecified atom stereocenters. The quantitative estimate of drug-likeness (QED) is 0.861. The fourth-order valence-corrected chi connectivity index (χ4v) is 4.61. The Morgan fingerprint density at radius 3 is 2.59 bits per heavy atom. The number of aromatic nitrogens is 2. The molecule has 2 aliphatic rings. The maximum absolute atomic E-state index is 12.1. The molecule has 4 rings (SSSR count). The van der Waals surface area contributed by atoms with Gasteiger partial charge in [0.15, 0.2) is 0 Å². The molecule has 7 heteroatoms. The lowest BCUT2D eigenvalue weighted by Crippen LogP contribution is -2.48. The van der Waals surface area contributed by atoms with E-state index in [2.05, 4.69) is 47.0 Å². The molecule has 154 valence electrons. The van der Waals surface area contributed by atoms with Crippen LogP contribution in [0, 0.1) is 5.92 Å². The largest absolute Gasteiger partial charge is 0.378 e. The number of nitrogens with zero attached hydrogens (tertiary/aromatic N) is 4. The number of nitrogens with two attached hydrogens (primary N) is 1. The van der Waals surface area contributed by atoms with Crippen molar-refractivity contribution >= 4 is 17.3 Å². The number of benzene rings is 1. The highest BCUT2D eigenvalue weighted by Gasteiger charge is 2.35. The van der Waals surface area contributed by atoms with E-state index >= 15 is 0 Å². The van der Waals surface area contributed by atoms with Crippen molar-refractivity contribution in [2.45, 2.75) is 45.3 Å². The summed E-state index contributed by atoms with van der Waals surface area (Å²) in [5.41, 5.74) is 10.3. The number of aliphatic imine (C=N–C) groups is 1. The van der Waals surface area contributed by atoms with Gasteiger partial charge in [-0.15, -0.1) is 0 Å². The van der Waals surface area contributed by atoms with Crippen molar-refractivity contribution in [3.63, 3.8) is 0 Å². The Bertz CT molecular complexity index is 940. The number of amides is 1. The summed E-state index contributed by atoms with van der Waals surface area (Å²) >= 11 is 0. The van der Waals surface area contributed by atoms with Crippen LogP contribution in [0.25, 0.3) is 0 Å². The van der Waals surface area contributed by atoms with Crippen molar-refractivity contribution in [1.82, 2.24) is 14.7 Å². The average Bonchev–Trinajstić information content (AvgIpc) is 3.10. The minimum absolute atomic E-state index is 0.00832. The summed E-state index contributed by atoms with van der Waals surface area (Å²) < 4.78 is 7.43. The average molecular weight is 396 g/mol. The van der Waals surface area contributed by atoms with Gasteiger partial charge in [0, 0.05) is 43.7 Å². The summed E-state index contributed by atoms with van der Waals surface area (Å²) in [6.45, 7) is 8.72. The van der Waals surface area contributed by atoms with Crippen LogP contribution in [0.3, 0.4) is 0 Å². The SMILES string of the molecule is CC1C(C(N)=O)=Nc2cc(CN3[C@H](C)COC[C@H]3C)ccc2C1c1cnn(C)c1. The maximum atomic E-state index is 12.1. The Morgan fingerprint density at radius 2 is 1.97 bits per heavy atom. The van der Waals surface area contributed by atoms with Gasteiger partial charge in [0.05, 0.1) is 25.1 Å². The molecule has 2 aliphatic heterocycles. The van der Waals surface area contributed by atoms with Gasteiger partial charge < -0.3 is 10.5 Å². The second-order valence-electron chi connectivity index (χ2n) is 8.38. The van der Waals surface area contributed by atoms with Crippen LogP contribution in [-0.4, -0.2) is 51.6 Å². The lowest BCUT2D eigenvalue weighted by molar-refractivity contribution is -0.112. The first-order valence-electron chi connectivity index (χ1n) is 10.2. The number of hydrogen-bond donors (Lipinski definition) is 1. The van der Waals surface area contributed by atoms with Gasteiger partial charge in [-0.25, -0.2) is 4.99 Å².